The fraction of sp³-hybridized carbons (Fsp3) is 0.344. The molecular formula is C32H31Cl2F3N4O3. The summed E-state index contributed by atoms with van der Waals surface area (Å²) in [5.74, 6) is -4.44. The lowest BCUT2D eigenvalue weighted by Gasteiger charge is -2.37. The van der Waals surface area contributed by atoms with Crippen LogP contribution in [0.1, 0.15) is 61.5 Å². The second kappa shape index (κ2) is 13.1. The van der Waals surface area contributed by atoms with Gasteiger partial charge in [-0.3, -0.25) is 15.4 Å². The SMILES string of the molecule is CCNC(=O)c1ccc(NC(=O)O[C@H]2N[C@@H](CC(C)(C)C)[C@](C#N)(c3ccc(Cl)cc3F)[C@H]2c2cccc(Cl)c2F)cc1F. The average molecular weight is 648 g/mol. The zero-order valence-electron chi connectivity index (χ0n) is 24.4. The van der Waals surface area contributed by atoms with Crippen molar-refractivity contribution in [1.29, 1.82) is 5.26 Å². The topological polar surface area (TPSA) is 103 Å². The van der Waals surface area contributed by atoms with Crippen molar-refractivity contribution in [3.63, 3.8) is 0 Å². The Balaban J connectivity index is 1.80. The van der Waals surface area contributed by atoms with Crippen LogP contribution in [0.2, 0.25) is 10.0 Å². The first-order valence-corrected chi connectivity index (χ1v) is 14.6. The third-order valence-electron chi connectivity index (χ3n) is 7.43. The Bertz CT molecular complexity index is 1630. The van der Waals surface area contributed by atoms with Crippen LogP contribution in [0.15, 0.2) is 54.6 Å². The number of hydrogen-bond donors (Lipinski definition) is 3. The van der Waals surface area contributed by atoms with Crippen molar-refractivity contribution in [3.8, 4) is 6.07 Å². The second-order valence-electron chi connectivity index (χ2n) is 11.7. The Morgan fingerprint density at radius 1 is 1.07 bits per heavy atom. The highest BCUT2D eigenvalue weighted by atomic mass is 35.5. The minimum absolute atomic E-state index is 0.0226. The number of ether oxygens (including phenoxy) is 1. The minimum atomic E-state index is -1.81. The maximum absolute atomic E-state index is 15.7. The van der Waals surface area contributed by atoms with Crippen molar-refractivity contribution in [2.75, 3.05) is 11.9 Å². The predicted octanol–water partition coefficient (Wildman–Crippen LogP) is 7.69. The molecule has 0 unspecified atom stereocenters. The van der Waals surface area contributed by atoms with Crippen LogP contribution in [0.5, 0.6) is 0 Å². The smallest absolute Gasteiger partial charge is 0.413 e. The molecule has 7 nitrogen and oxygen atoms in total. The number of nitrogens with zero attached hydrogens (tertiary/aromatic N) is 1. The van der Waals surface area contributed by atoms with E-state index in [-0.39, 0.29) is 38.8 Å². The Hall–Kier alpha value is -3.78. The molecule has 3 aromatic rings. The molecule has 0 bridgehead atoms. The molecule has 0 aromatic heterocycles. The third kappa shape index (κ3) is 6.65. The normalized spacial score (nSPS) is 21.4. The molecule has 0 aliphatic carbocycles. The summed E-state index contributed by atoms with van der Waals surface area (Å²) in [6.45, 7) is 7.75. The van der Waals surface area contributed by atoms with Crippen LogP contribution in [-0.4, -0.2) is 30.8 Å². The van der Waals surface area contributed by atoms with Crippen LogP contribution >= 0.6 is 23.2 Å². The molecule has 1 aliphatic rings. The van der Waals surface area contributed by atoms with Gasteiger partial charge in [-0.05, 0) is 60.7 Å². The number of nitriles is 1. The lowest BCUT2D eigenvalue weighted by Crippen LogP contribution is -2.44. The number of rotatable bonds is 7. The van der Waals surface area contributed by atoms with Crippen molar-refractivity contribution in [1.82, 2.24) is 10.6 Å². The van der Waals surface area contributed by atoms with E-state index in [4.69, 9.17) is 27.9 Å². The molecule has 12 heteroatoms. The van der Waals surface area contributed by atoms with Crippen LogP contribution in [0.25, 0.3) is 0 Å². The summed E-state index contributed by atoms with van der Waals surface area (Å²) in [5, 5.41) is 18.8. The molecule has 3 N–H and O–H groups in total. The number of nitrogens with one attached hydrogen (secondary N) is 3. The second-order valence-corrected chi connectivity index (χ2v) is 12.6. The Morgan fingerprint density at radius 3 is 2.41 bits per heavy atom. The van der Waals surface area contributed by atoms with Gasteiger partial charge in [0.05, 0.1) is 22.6 Å². The zero-order valence-corrected chi connectivity index (χ0v) is 25.9. The number of hydrogen-bond acceptors (Lipinski definition) is 5. The molecule has 1 fully saturated rings. The number of amides is 2. The van der Waals surface area contributed by atoms with E-state index in [9.17, 15) is 19.2 Å². The molecule has 0 spiro atoms. The highest BCUT2D eigenvalue weighted by molar-refractivity contribution is 6.31. The summed E-state index contributed by atoms with van der Waals surface area (Å²) in [6.07, 6.45) is -2.15. The molecule has 0 radical (unpaired) electrons. The van der Waals surface area contributed by atoms with Gasteiger partial charge in [0.15, 0.2) is 6.23 Å². The third-order valence-corrected chi connectivity index (χ3v) is 7.96. The van der Waals surface area contributed by atoms with E-state index in [1.165, 1.54) is 42.5 Å². The Labute approximate surface area is 263 Å². The monoisotopic (exact) mass is 646 g/mol. The van der Waals surface area contributed by atoms with Crippen LogP contribution in [-0.2, 0) is 10.2 Å². The van der Waals surface area contributed by atoms with Gasteiger partial charge in [-0.1, -0.05) is 62.2 Å². The molecular weight excluding hydrogens is 616 g/mol. The summed E-state index contributed by atoms with van der Waals surface area (Å²) >= 11 is 12.2. The van der Waals surface area contributed by atoms with Crippen molar-refractivity contribution < 1.29 is 27.5 Å². The quantitative estimate of drug-likeness (QED) is 0.244. The zero-order chi connectivity index (χ0) is 32.4. The van der Waals surface area contributed by atoms with E-state index < -0.39 is 58.5 Å². The standard InChI is InChI=1S/C32H31Cl2F3N4O3/c1-5-39-28(42)19-11-10-18(14-23(19)35)40-30(43)44-29-26(20-7-6-8-22(34)27(20)37)32(16-38,25(41-29)15-31(2,3)4)21-12-9-17(33)13-24(21)36/h6-14,25-26,29,41H,5,15H2,1-4H3,(H,39,42)(H,40,43)/t25-,26-,29+,32-/m0/s1. The number of anilines is 1. The molecule has 2 amide bonds. The summed E-state index contributed by atoms with van der Waals surface area (Å²) in [7, 11) is 0. The lowest BCUT2D eigenvalue weighted by molar-refractivity contribution is 0.0851. The Kier molecular flexibility index (Phi) is 9.83. The number of halogens is 5. The highest BCUT2D eigenvalue weighted by Gasteiger charge is 2.61. The number of carbonyl (C=O) groups excluding carboxylic acids is 2. The average Bonchev–Trinajstić information content (AvgIpc) is 3.21. The number of benzene rings is 3. The van der Waals surface area contributed by atoms with E-state index in [0.717, 1.165) is 12.1 Å². The van der Waals surface area contributed by atoms with Crippen LogP contribution in [0.4, 0.5) is 23.7 Å². The first-order chi connectivity index (χ1) is 20.7. The van der Waals surface area contributed by atoms with Crippen LogP contribution in [0.3, 0.4) is 0 Å². The molecule has 3 aromatic carbocycles. The summed E-state index contributed by atoms with van der Waals surface area (Å²) in [5.41, 5.74) is -2.60. The fourth-order valence-corrected chi connectivity index (χ4v) is 6.01. The summed E-state index contributed by atoms with van der Waals surface area (Å²) in [4.78, 5) is 25.3. The van der Waals surface area contributed by atoms with Gasteiger partial charge in [0.1, 0.15) is 22.9 Å². The van der Waals surface area contributed by atoms with Gasteiger partial charge in [0.25, 0.3) is 5.91 Å². The first-order valence-electron chi connectivity index (χ1n) is 13.8. The molecule has 1 saturated heterocycles. The molecule has 1 aliphatic heterocycles. The van der Waals surface area contributed by atoms with Gasteiger partial charge in [-0.2, -0.15) is 5.26 Å². The fourth-order valence-electron chi connectivity index (χ4n) is 5.67. The van der Waals surface area contributed by atoms with Gasteiger partial charge in [-0.15, -0.1) is 0 Å². The van der Waals surface area contributed by atoms with Gasteiger partial charge in [0.2, 0.25) is 0 Å². The van der Waals surface area contributed by atoms with Gasteiger partial charge in [0, 0.05) is 28.9 Å². The van der Waals surface area contributed by atoms with Crippen LogP contribution < -0.4 is 16.0 Å². The van der Waals surface area contributed by atoms with Gasteiger partial charge >= 0.3 is 6.09 Å². The van der Waals surface area contributed by atoms with Crippen molar-refractivity contribution >= 4 is 40.9 Å². The Morgan fingerprint density at radius 2 is 1.80 bits per heavy atom. The molecule has 4 rings (SSSR count). The van der Waals surface area contributed by atoms with E-state index in [2.05, 4.69) is 22.0 Å². The van der Waals surface area contributed by atoms with Crippen molar-refractivity contribution in [2.45, 2.75) is 57.7 Å². The van der Waals surface area contributed by atoms with E-state index >= 15 is 8.78 Å². The van der Waals surface area contributed by atoms with Crippen LogP contribution in [0, 0.1) is 34.2 Å². The van der Waals surface area contributed by atoms with E-state index in [1.807, 2.05) is 20.8 Å². The minimum Gasteiger partial charge on any atom is -0.429 e. The van der Waals surface area contributed by atoms with E-state index in [0.29, 0.717) is 6.54 Å². The molecule has 4 atom stereocenters. The van der Waals surface area contributed by atoms with E-state index in [1.54, 1.807) is 6.92 Å². The number of carbonyl (C=O) groups is 2. The van der Waals surface area contributed by atoms with Gasteiger partial charge < -0.3 is 10.1 Å². The largest absolute Gasteiger partial charge is 0.429 e. The predicted molar refractivity (Wildman–Crippen MR) is 162 cm³/mol. The van der Waals surface area contributed by atoms with Gasteiger partial charge in [-0.25, -0.2) is 18.0 Å². The maximum atomic E-state index is 15.7. The van der Waals surface area contributed by atoms with Crippen molar-refractivity contribution in [3.05, 3.63) is 98.8 Å². The molecule has 44 heavy (non-hydrogen) atoms. The summed E-state index contributed by atoms with van der Waals surface area (Å²) < 4.78 is 51.8. The molecule has 0 saturated carbocycles. The first kappa shape index (κ1) is 33.1. The highest BCUT2D eigenvalue weighted by Crippen LogP contribution is 2.53. The maximum Gasteiger partial charge on any atom is 0.413 e. The molecule has 1 heterocycles. The lowest BCUT2D eigenvalue weighted by atomic mass is 9.63. The molecule has 232 valence electrons. The summed E-state index contributed by atoms with van der Waals surface area (Å²) in [6, 6.07) is 13.0. The van der Waals surface area contributed by atoms with Crippen molar-refractivity contribution in [2.24, 2.45) is 5.41 Å².